The summed E-state index contributed by atoms with van der Waals surface area (Å²) in [7, 11) is 1.63. The molecule has 0 aliphatic rings. The molecule has 0 amide bonds. The van der Waals surface area contributed by atoms with Crippen molar-refractivity contribution in [2.45, 2.75) is 0 Å². The fourth-order valence-corrected chi connectivity index (χ4v) is 1.38. The van der Waals surface area contributed by atoms with Crippen molar-refractivity contribution in [1.29, 1.82) is 5.26 Å². The smallest absolute Gasteiger partial charge is 0.173 e. The number of nitriles is 1. The minimum absolute atomic E-state index is 0.864. The third-order valence-electron chi connectivity index (χ3n) is 1.13. The van der Waals surface area contributed by atoms with E-state index in [0.29, 0.717) is 0 Å². The summed E-state index contributed by atoms with van der Waals surface area (Å²) in [5.74, 6) is 0. The van der Waals surface area contributed by atoms with Gasteiger partial charge in [-0.1, -0.05) is 11.3 Å². The Hall–Kier alpha value is -1.27. The summed E-state index contributed by atoms with van der Waals surface area (Å²) >= 11 is 1.51. The summed E-state index contributed by atoms with van der Waals surface area (Å²) in [6.07, 6.45) is 3.21. The molecule has 3 heteroatoms. The van der Waals surface area contributed by atoms with Crippen LogP contribution in [0.1, 0.15) is 4.88 Å². The molecular formula is C8H7NOS. The fourth-order valence-electron chi connectivity index (χ4n) is 0.653. The van der Waals surface area contributed by atoms with E-state index in [1.165, 1.54) is 17.4 Å². The van der Waals surface area contributed by atoms with Gasteiger partial charge in [-0.25, -0.2) is 0 Å². The third-order valence-corrected chi connectivity index (χ3v) is 2.14. The number of methoxy groups -OCH3 is 1. The summed E-state index contributed by atoms with van der Waals surface area (Å²) in [5, 5.41) is 9.09. The van der Waals surface area contributed by atoms with Gasteiger partial charge >= 0.3 is 0 Å². The molecule has 2 nitrogen and oxygen atoms in total. The van der Waals surface area contributed by atoms with Crippen molar-refractivity contribution >= 4 is 17.4 Å². The largest absolute Gasteiger partial charge is 0.487 e. The van der Waals surface area contributed by atoms with Crippen molar-refractivity contribution in [1.82, 2.24) is 0 Å². The maximum absolute atomic E-state index is 8.23. The highest BCUT2D eigenvalue weighted by molar-refractivity contribution is 7.14. The standard InChI is InChI=1S/C8H7NOS/c1-10-8-5-4-7(11-8)3-2-6-9/h2-5H,1H3/b3-2+. The second kappa shape index (κ2) is 3.79. The van der Waals surface area contributed by atoms with Crippen LogP contribution in [0.4, 0.5) is 0 Å². The van der Waals surface area contributed by atoms with Gasteiger partial charge in [0.15, 0.2) is 5.06 Å². The molecule has 0 radical (unpaired) electrons. The molecule has 0 unspecified atom stereocenters. The van der Waals surface area contributed by atoms with Crippen LogP contribution >= 0.6 is 11.3 Å². The summed E-state index contributed by atoms with van der Waals surface area (Å²) in [6.45, 7) is 0. The van der Waals surface area contributed by atoms with Crippen LogP contribution < -0.4 is 4.74 Å². The Kier molecular flexibility index (Phi) is 2.70. The van der Waals surface area contributed by atoms with Gasteiger partial charge in [0, 0.05) is 11.0 Å². The zero-order chi connectivity index (χ0) is 8.10. The molecule has 1 aromatic heterocycles. The summed E-state index contributed by atoms with van der Waals surface area (Å²) in [6, 6.07) is 5.72. The van der Waals surface area contributed by atoms with Gasteiger partial charge in [-0.05, 0) is 18.2 Å². The van der Waals surface area contributed by atoms with Gasteiger partial charge in [-0.15, -0.1) is 0 Å². The van der Waals surface area contributed by atoms with Crippen LogP contribution in [-0.4, -0.2) is 7.11 Å². The number of rotatable bonds is 2. The maximum Gasteiger partial charge on any atom is 0.173 e. The van der Waals surface area contributed by atoms with Crippen LogP contribution in [0.15, 0.2) is 18.2 Å². The minimum atomic E-state index is 0.864. The number of ether oxygens (including phenoxy) is 1. The van der Waals surface area contributed by atoms with Crippen molar-refractivity contribution in [2.75, 3.05) is 7.11 Å². The molecule has 11 heavy (non-hydrogen) atoms. The SMILES string of the molecule is COc1ccc(/C=C/C#N)s1. The van der Waals surface area contributed by atoms with E-state index in [2.05, 4.69) is 0 Å². The first-order chi connectivity index (χ1) is 5.36. The van der Waals surface area contributed by atoms with Crippen LogP contribution in [0.3, 0.4) is 0 Å². The van der Waals surface area contributed by atoms with E-state index >= 15 is 0 Å². The van der Waals surface area contributed by atoms with Gasteiger partial charge in [0.25, 0.3) is 0 Å². The average molecular weight is 165 g/mol. The first-order valence-electron chi connectivity index (χ1n) is 3.07. The summed E-state index contributed by atoms with van der Waals surface area (Å²) in [5.41, 5.74) is 0. The van der Waals surface area contributed by atoms with Gasteiger partial charge in [-0.2, -0.15) is 5.26 Å². The van der Waals surface area contributed by atoms with Crippen molar-refractivity contribution < 1.29 is 4.74 Å². The lowest BCUT2D eigenvalue weighted by atomic mass is 10.4. The Bertz CT molecular complexity index is 295. The maximum atomic E-state index is 8.23. The molecule has 0 saturated heterocycles. The quantitative estimate of drug-likeness (QED) is 0.630. The lowest BCUT2D eigenvalue weighted by molar-refractivity contribution is 0.427. The summed E-state index contributed by atoms with van der Waals surface area (Å²) in [4.78, 5) is 1.03. The van der Waals surface area contributed by atoms with Crippen LogP contribution in [0.25, 0.3) is 6.08 Å². The molecule has 0 atom stereocenters. The van der Waals surface area contributed by atoms with E-state index in [0.717, 1.165) is 9.94 Å². The molecule has 0 aliphatic heterocycles. The van der Waals surface area contributed by atoms with Crippen LogP contribution in [0, 0.1) is 11.3 Å². The first-order valence-corrected chi connectivity index (χ1v) is 3.88. The highest BCUT2D eigenvalue weighted by atomic mass is 32.1. The molecule has 0 bridgehead atoms. The Morgan fingerprint density at radius 1 is 1.64 bits per heavy atom. The van der Waals surface area contributed by atoms with Crippen LogP contribution in [-0.2, 0) is 0 Å². The Labute approximate surface area is 69.3 Å². The third kappa shape index (κ3) is 2.10. The van der Waals surface area contributed by atoms with Gasteiger partial charge in [0.1, 0.15) is 0 Å². The van der Waals surface area contributed by atoms with E-state index in [1.807, 2.05) is 18.2 Å². The molecule has 1 aromatic rings. The molecule has 0 aliphatic carbocycles. The van der Waals surface area contributed by atoms with Crippen molar-refractivity contribution in [3.05, 3.63) is 23.1 Å². The van der Waals surface area contributed by atoms with E-state index in [1.54, 1.807) is 13.2 Å². The molecule has 0 aromatic carbocycles. The van der Waals surface area contributed by atoms with Crippen molar-refractivity contribution in [3.8, 4) is 11.1 Å². The zero-order valence-electron chi connectivity index (χ0n) is 6.07. The Balaban J connectivity index is 2.74. The second-order valence-corrected chi connectivity index (χ2v) is 2.90. The Morgan fingerprint density at radius 2 is 2.45 bits per heavy atom. The molecule has 0 saturated carbocycles. The number of hydrogen-bond donors (Lipinski definition) is 0. The number of allylic oxidation sites excluding steroid dienone is 1. The average Bonchev–Trinajstić information content (AvgIpc) is 2.48. The van der Waals surface area contributed by atoms with Gasteiger partial charge in [-0.3, -0.25) is 0 Å². The molecule has 1 heterocycles. The van der Waals surface area contributed by atoms with Crippen molar-refractivity contribution in [3.63, 3.8) is 0 Å². The highest BCUT2D eigenvalue weighted by Crippen LogP contribution is 2.24. The molecule has 0 N–H and O–H groups in total. The molecule has 1 rings (SSSR count). The first kappa shape index (κ1) is 7.83. The van der Waals surface area contributed by atoms with Gasteiger partial charge < -0.3 is 4.74 Å². The number of nitrogens with zero attached hydrogens (tertiary/aromatic N) is 1. The Morgan fingerprint density at radius 3 is 3.00 bits per heavy atom. The van der Waals surface area contributed by atoms with E-state index < -0.39 is 0 Å². The lowest BCUT2D eigenvalue weighted by Crippen LogP contribution is -1.73. The predicted octanol–water partition coefficient (Wildman–Crippen LogP) is 2.29. The van der Waals surface area contributed by atoms with Gasteiger partial charge in [0.2, 0.25) is 0 Å². The topological polar surface area (TPSA) is 33.0 Å². The van der Waals surface area contributed by atoms with Gasteiger partial charge in [0.05, 0.1) is 13.2 Å². The highest BCUT2D eigenvalue weighted by Gasteiger charge is 1.93. The lowest BCUT2D eigenvalue weighted by Gasteiger charge is -1.87. The molecular weight excluding hydrogens is 158 g/mol. The van der Waals surface area contributed by atoms with E-state index in [9.17, 15) is 0 Å². The minimum Gasteiger partial charge on any atom is -0.487 e. The fraction of sp³-hybridized carbons (Fsp3) is 0.125. The predicted molar refractivity (Wildman–Crippen MR) is 45.5 cm³/mol. The monoisotopic (exact) mass is 165 g/mol. The van der Waals surface area contributed by atoms with Crippen LogP contribution in [0.5, 0.6) is 5.06 Å². The zero-order valence-corrected chi connectivity index (χ0v) is 6.89. The van der Waals surface area contributed by atoms with E-state index in [4.69, 9.17) is 10.00 Å². The van der Waals surface area contributed by atoms with E-state index in [-0.39, 0.29) is 0 Å². The molecule has 56 valence electrons. The van der Waals surface area contributed by atoms with Crippen molar-refractivity contribution in [2.24, 2.45) is 0 Å². The normalized spacial score (nSPS) is 9.82. The molecule has 0 fully saturated rings. The number of hydrogen-bond acceptors (Lipinski definition) is 3. The summed E-state index contributed by atoms with van der Waals surface area (Å²) < 4.78 is 4.98. The van der Waals surface area contributed by atoms with Crippen LogP contribution in [0.2, 0.25) is 0 Å². The second-order valence-electron chi connectivity index (χ2n) is 1.82. The molecule has 0 spiro atoms. The number of thiophene rings is 1.